The molecule has 1 saturated heterocycles. The van der Waals surface area contributed by atoms with Gasteiger partial charge in [0.05, 0.1) is 13.1 Å². The Morgan fingerprint density at radius 1 is 1.21 bits per heavy atom. The highest BCUT2D eigenvalue weighted by Crippen LogP contribution is 2.18. The SMILES string of the molecule is C[C@H]1CN(Cc2nc3ccccc3o2)CCN1Cc1nccn1C. The third-order valence-corrected chi connectivity index (χ3v) is 4.81. The van der Waals surface area contributed by atoms with E-state index in [-0.39, 0.29) is 0 Å². The Hall–Kier alpha value is -2.18. The molecule has 0 amide bonds. The number of aromatic nitrogens is 3. The second kappa shape index (κ2) is 6.37. The Kier molecular flexibility index (Phi) is 4.08. The van der Waals surface area contributed by atoms with Crippen molar-refractivity contribution in [1.82, 2.24) is 24.3 Å². The number of hydrogen-bond acceptors (Lipinski definition) is 5. The maximum atomic E-state index is 5.85. The maximum Gasteiger partial charge on any atom is 0.209 e. The summed E-state index contributed by atoms with van der Waals surface area (Å²) in [4.78, 5) is 13.9. The molecule has 0 saturated carbocycles. The third kappa shape index (κ3) is 3.07. The molecular formula is C18H23N5O. The van der Waals surface area contributed by atoms with E-state index in [0.717, 1.165) is 55.5 Å². The molecule has 0 N–H and O–H groups in total. The van der Waals surface area contributed by atoms with Gasteiger partial charge in [0, 0.05) is 45.1 Å². The van der Waals surface area contributed by atoms with Crippen LogP contribution in [0.15, 0.2) is 41.1 Å². The van der Waals surface area contributed by atoms with Gasteiger partial charge in [-0.15, -0.1) is 0 Å². The number of piperazine rings is 1. The largest absolute Gasteiger partial charge is 0.439 e. The summed E-state index contributed by atoms with van der Waals surface area (Å²) in [7, 11) is 2.05. The van der Waals surface area contributed by atoms with Gasteiger partial charge in [0.15, 0.2) is 5.58 Å². The molecule has 0 radical (unpaired) electrons. The Morgan fingerprint density at radius 2 is 2.08 bits per heavy atom. The van der Waals surface area contributed by atoms with Crippen LogP contribution in [0.1, 0.15) is 18.6 Å². The second-order valence-electron chi connectivity index (χ2n) is 6.58. The van der Waals surface area contributed by atoms with Crippen molar-refractivity contribution in [3.63, 3.8) is 0 Å². The molecule has 126 valence electrons. The fourth-order valence-corrected chi connectivity index (χ4v) is 3.36. The molecular weight excluding hydrogens is 302 g/mol. The molecule has 4 rings (SSSR count). The van der Waals surface area contributed by atoms with Crippen LogP contribution < -0.4 is 0 Å². The topological polar surface area (TPSA) is 50.3 Å². The van der Waals surface area contributed by atoms with E-state index in [2.05, 4.69) is 38.3 Å². The van der Waals surface area contributed by atoms with Gasteiger partial charge in [-0.3, -0.25) is 9.80 Å². The van der Waals surface area contributed by atoms with Gasteiger partial charge >= 0.3 is 0 Å². The first-order chi connectivity index (χ1) is 11.7. The number of fused-ring (bicyclic) bond motifs is 1. The van der Waals surface area contributed by atoms with Gasteiger partial charge in [-0.05, 0) is 19.1 Å². The summed E-state index contributed by atoms with van der Waals surface area (Å²) < 4.78 is 7.95. The quantitative estimate of drug-likeness (QED) is 0.736. The predicted octanol–water partition coefficient (Wildman–Crippen LogP) is 2.27. The van der Waals surface area contributed by atoms with E-state index >= 15 is 0 Å². The monoisotopic (exact) mass is 325 g/mol. The Morgan fingerprint density at radius 3 is 2.83 bits per heavy atom. The lowest BCUT2D eigenvalue weighted by Crippen LogP contribution is -2.51. The van der Waals surface area contributed by atoms with Crippen LogP contribution in [0.25, 0.3) is 11.1 Å². The van der Waals surface area contributed by atoms with Gasteiger partial charge in [0.25, 0.3) is 0 Å². The number of aryl methyl sites for hydroxylation is 1. The highest BCUT2D eigenvalue weighted by molar-refractivity contribution is 5.72. The lowest BCUT2D eigenvalue weighted by atomic mass is 10.2. The molecule has 6 heteroatoms. The normalized spacial score (nSPS) is 20.0. The van der Waals surface area contributed by atoms with E-state index in [1.165, 1.54) is 0 Å². The molecule has 1 aromatic carbocycles. The average Bonchev–Trinajstić information content (AvgIpc) is 3.15. The van der Waals surface area contributed by atoms with E-state index < -0.39 is 0 Å². The highest BCUT2D eigenvalue weighted by atomic mass is 16.3. The molecule has 24 heavy (non-hydrogen) atoms. The molecule has 2 aromatic heterocycles. The van der Waals surface area contributed by atoms with E-state index in [0.29, 0.717) is 6.04 Å². The van der Waals surface area contributed by atoms with Crippen LogP contribution in [-0.2, 0) is 20.1 Å². The summed E-state index contributed by atoms with van der Waals surface area (Å²) in [6.45, 7) is 7.03. The highest BCUT2D eigenvalue weighted by Gasteiger charge is 2.25. The van der Waals surface area contributed by atoms with Crippen LogP contribution in [-0.4, -0.2) is 50.0 Å². The lowest BCUT2D eigenvalue weighted by Gasteiger charge is -2.39. The predicted molar refractivity (Wildman–Crippen MR) is 92.4 cm³/mol. The number of para-hydroxylation sites is 2. The second-order valence-corrected chi connectivity index (χ2v) is 6.58. The van der Waals surface area contributed by atoms with Crippen molar-refractivity contribution in [2.75, 3.05) is 19.6 Å². The summed E-state index contributed by atoms with van der Waals surface area (Å²) in [5.74, 6) is 1.93. The van der Waals surface area contributed by atoms with Crippen molar-refractivity contribution < 1.29 is 4.42 Å². The van der Waals surface area contributed by atoms with Gasteiger partial charge < -0.3 is 8.98 Å². The van der Waals surface area contributed by atoms with Crippen LogP contribution >= 0.6 is 0 Å². The van der Waals surface area contributed by atoms with Gasteiger partial charge in [-0.1, -0.05) is 12.1 Å². The first-order valence-electron chi connectivity index (χ1n) is 8.46. The smallest absolute Gasteiger partial charge is 0.209 e. The van der Waals surface area contributed by atoms with Crippen LogP contribution in [0.4, 0.5) is 0 Å². The van der Waals surface area contributed by atoms with Gasteiger partial charge in [-0.2, -0.15) is 0 Å². The van der Waals surface area contributed by atoms with Crippen molar-refractivity contribution in [3.05, 3.63) is 48.4 Å². The fourth-order valence-electron chi connectivity index (χ4n) is 3.36. The summed E-state index contributed by atoms with van der Waals surface area (Å²) >= 11 is 0. The minimum Gasteiger partial charge on any atom is -0.439 e. The van der Waals surface area contributed by atoms with Gasteiger partial charge in [0.1, 0.15) is 11.3 Å². The minimum atomic E-state index is 0.486. The molecule has 6 nitrogen and oxygen atoms in total. The molecule has 1 aliphatic rings. The van der Waals surface area contributed by atoms with Crippen molar-refractivity contribution >= 4 is 11.1 Å². The zero-order chi connectivity index (χ0) is 16.5. The average molecular weight is 325 g/mol. The minimum absolute atomic E-state index is 0.486. The molecule has 3 heterocycles. The summed E-state index contributed by atoms with van der Waals surface area (Å²) in [6.07, 6.45) is 3.87. The zero-order valence-corrected chi connectivity index (χ0v) is 14.2. The first-order valence-corrected chi connectivity index (χ1v) is 8.46. The van der Waals surface area contributed by atoms with E-state index in [1.807, 2.05) is 36.7 Å². The molecule has 3 aromatic rings. The maximum absolute atomic E-state index is 5.85. The number of nitrogens with zero attached hydrogens (tertiary/aromatic N) is 5. The summed E-state index contributed by atoms with van der Waals surface area (Å²) in [5, 5.41) is 0. The van der Waals surface area contributed by atoms with Crippen LogP contribution in [0.5, 0.6) is 0 Å². The Balaban J connectivity index is 1.38. The first kappa shape index (κ1) is 15.4. The molecule has 1 aliphatic heterocycles. The Labute approximate surface area is 141 Å². The van der Waals surface area contributed by atoms with Crippen molar-refractivity contribution in [3.8, 4) is 0 Å². The van der Waals surface area contributed by atoms with Crippen LogP contribution in [0, 0.1) is 0 Å². The van der Waals surface area contributed by atoms with Gasteiger partial charge in [-0.25, -0.2) is 9.97 Å². The zero-order valence-electron chi connectivity index (χ0n) is 14.2. The number of hydrogen-bond donors (Lipinski definition) is 0. The van der Waals surface area contributed by atoms with Crippen LogP contribution in [0.2, 0.25) is 0 Å². The van der Waals surface area contributed by atoms with Crippen molar-refractivity contribution in [2.45, 2.75) is 26.1 Å². The standard InChI is InChI=1S/C18H23N5O/c1-14-11-22(9-10-23(14)12-17-19-7-8-21(17)2)13-18-20-15-5-3-4-6-16(15)24-18/h3-8,14H,9-13H2,1-2H3/t14-/m0/s1. The third-order valence-electron chi connectivity index (χ3n) is 4.81. The number of rotatable bonds is 4. The Bertz CT molecular complexity index is 791. The molecule has 0 aliphatic carbocycles. The number of oxazole rings is 1. The molecule has 1 atom stereocenters. The van der Waals surface area contributed by atoms with Crippen molar-refractivity contribution in [2.24, 2.45) is 7.05 Å². The molecule has 1 fully saturated rings. The molecule has 0 spiro atoms. The van der Waals surface area contributed by atoms with Crippen LogP contribution in [0.3, 0.4) is 0 Å². The molecule has 0 unspecified atom stereocenters. The van der Waals surface area contributed by atoms with E-state index in [1.54, 1.807) is 0 Å². The number of imidazole rings is 1. The lowest BCUT2D eigenvalue weighted by molar-refractivity contribution is 0.0661. The van der Waals surface area contributed by atoms with Crippen molar-refractivity contribution in [1.29, 1.82) is 0 Å². The fraction of sp³-hybridized carbons (Fsp3) is 0.444. The van der Waals surface area contributed by atoms with E-state index in [4.69, 9.17) is 4.42 Å². The molecule has 0 bridgehead atoms. The summed E-state index contributed by atoms with van der Waals surface area (Å²) in [6, 6.07) is 8.43. The number of benzene rings is 1. The van der Waals surface area contributed by atoms with Gasteiger partial charge in [0.2, 0.25) is 5.89 Å². The van der Waals surface area contributed by atoms with E-state index in [9.17, 15) is 0 Å². The summed E-state index contributed by atoms with van der Waals surface area (Å²) in [5.41, 5.74) is 1.81.